The number of hydrogen-bond acceptors (Lipinski definition) is 5. The fraction of sp³-hybridized carbons (Fsp3) is 0.444. The maximum Gasteiger partial charge on any atom is 0.339 e. The fourth-order valence-corrected chi connectivity index (χ4v) is 3.48. The second-order valence-corrected chi connectivity index (χ2v) is 6.78. The van der Waals surface area contributed by atoms with Crippen LogP contribution in [-0.2, 0) is 22.6 Å². The highest BCUT2D eigenvalue weighted by Crippen LogP contribution is 2.33. The molecule has 25 heavy (non-hydrogen) atoms. The van der Waals surface area contributed by atoms with Gasteiger partial charge in [0.2, 0.25) is 5.91 Å². The molecule has 0 radical (unpaired) electrons. The Hall–Kier alpha value is -2.70. The lowest BCUT2D eigenvalue weighted by atomic mass is 10.0. The monoisotopic (exact) mass is 340 g/mol. The number of ether oxygens (including phenoxy) is 1. The quantitative estimate of drug-likeness (QED) is 0.799. The van der Waals surface area contributed by atoms with E-state index < -0.39 is 6.10 Å². The molecule has 1 amide bonds. The first-order chi connectivity index (χ1) is 12.0. The second-order valence-electron chi connectivity index (χ2n) is 6.78. The summed E-state index contributed by atoms with van der Waals surface area (Å²) < 4.78 is 7.48. The zero-order valence-electron chi connectivity index (χ0n) is 14.3. The van der Waals surface area contributed by atoms with Crippen molar-refractivity contribution >= 4 is 11.9 Å². The van der Waals surface area contributed by atoms with Crippen molar-refractivity contribution in [2.75, 3.05) is 6.54 Å². The summed E-state index contributed by atoms with van der Waals surface area (Å²) in [5, 5.41) is 8.46. The molecule has 0 saturated carbocycles. The number of nitrogens with zero attached hydrogens (tertiary/aromatic N) is 4. The molecule has 3 heterocycles. The minimum atomic E-state index is -0.498. The van der Waals surface area contributed by atoms with Crippen LogP contribution < -0.4 is 0 Å². The van der Waals surface area contributed by atoms with Gasteiger partial charge in [-0.15, -0.1) is 10.2 Å². The Bertz CT molecular complexity index is 843. The highest BCUT2D eigenvalue weighted by atomic mass is 16.5. The van der Waals surface area contributed by atoms with Gasteiger partial charge in [0.05, 0.1) is 18.5 Å². The summed E-state index contributed by atoms with van der Waals surface area (Å²) in [5.41, 5.74) is 1.35. The van der Waals surface area contributed by atoms with E-state index in [1.807, 2.05) is 12.1 Å². The predicted molar refractivity (Wildman–Crippen MR) is 88.7 cm³/mol. The average Bonchev–Trinajstić information content (AvgIpc) is 3.16. The van der Waals surface area contributed by atoms with Gasteiger partial charge in [0, 0.05) is 24.6 Å². The topological polar surface area (TPSA) is 77.3 Å². The van der Waals surface area contributed by atoms with Crippen molar-refractivity contribution in [2.24, 2.45) is 0 Å². The largest absolute Gasteiger partial charge is 0.453 e. The summed E-state index contributed by atoms with van der Waals surface area (Å²) in [5.74, 6) is 1.69. The number of esters is 1. The average molecular weight is 340 g/mol. The fourth-order valence-electron chi connectivity index (χ4n) is 3.48. The van der Waals surface area contributed by atoms with Crippen LogP contribution >= 0.6 is 0 Å². The molecule has 2 aromatic rings. The minimum Gasteiger partial charge on any atom is -0.453 e. The number of cyclic esters (lactones) is 1. The lowest BCUT2D eigenvalue weighted by Gasteiger charge is -2.29. The number of hydrogen-bond donors (Lipinski definition) is 0. The van der Waals surface area contributed by atoms with Crippen LogP contribution in [0.15, 0.2) is 24.3 Å². The molecule has 7 nitrogen and oxygen atoms in total. The van der Waals surface area contributed by atoms with Crippen LogP contribution in [0.4, 0.5) is 0 Å². The van der Waals surface area contributed by atoms with Gasteiger partial charge in [-0.3, -0.25) is 4.79 Å². The van der Waals surface area contributed by atoms with Crippen molar-refractivity contribution in [1.29, 1.82) is 0 Å². The third-order valence-electron chi connectivity index (χ3n) is 4.79. The minimum absolute atomic E-state index is 0.0325. The van der Waals surface area contributed by atoms with E-state index in [9.17, 15) is 9.59 Å². The molecule has 1 atom stereocenters. The lowest BCUT2D eigenvalue weighted by Crippen LogP contribution is -2.39. The molecule has 2 aliphatic rings. The van der Waals surface area contributed by atoms with E-state index >= 15 is 0 Å². The predicted octanol–water partition coefficient (Wildman–Crippen LogP) is 2.05. The summed E-state index contributed by atoms with van der Waals surface area (Å²) in [4.78, 5) is 26.4. The Morgan fingerprint density at radius 1 is 1.28 bits per heavy atom. The van der Waals surface area contributed by atoms with Gasteiger partial charge >= 0.3 is 5.97 Å². The van der Waals surface area contributed by atoms with E-state index in [0.29, 0.717) is 31.1 Å². The molecule has 0 saturated heterocycles. The molecular weight excluding hydrogens is 320 g/mol. The van der Waals surface area contributed by atoms with Crippen molar-refractivity contribution in [3.8, 4) is 0 Å². The van der Waals surface area contributed by atoms with Crippen LogP contribution in [-0.4, -0.2) is 38.1 Å². The molecule has 0 aliphatic carbocycles. The van der Waals surface area contributed by atoms with Crippen LogP contribution in [0.2, 0.25) is 0 Å². The Labute approximate surface area is 145 Å². The molecule has 1 aromatic heterocycles. The van der Waals surface area contributed by atoms with Crippen LogP contribution in [0, 0.1) is 0 Å². The van der Waals surface area contributed by atoms with Gasteiger partial charge in [0.1, 0.15) is 11.9 Å². The van der Waals surface area contributed by atoms with Gasteiger partial charge < -0.3 is 14.2 Å². The molecule has 7 heteroatoms. The smallest absolute Gasteiger partial charge is 0.339 e. The maximum absolute atomic E-state index is 12.7. The zero-order valence-corrected chi connectivity index (χ0v) is 14.3. The zero-order chi connectivity index (χ0) is 17.6. The second kappa shape index (κ2) is 5.98. The van der Waals surface area contributed by atoms with Gasteiger partial charge in [0.25, 0.3) is 0 Å². The number of rotatable bonds is 3. The van der Waals surface area contributed by atoms with E-state index in [2.05, 4.69) is 28.6 Å². The highest BCUT2D eigenvalue weighted by Gasteiger charge is 2.34. The lowest BCUT2D eigenvalue weighted by molar-refractivity contribution is -0.134. The number of fused-ring (bicyclic) bond motifs is 2. The molecule has 0 N–H and O–H groups in total. The first-order valence-electron chi connectivity index (χ1n) is 8.54. The first kappa shape index (κ1) is 15.8. The molecule has 0 fully saturated rings. The molecular formula is C18H20N4O3. The molecule has 0 bridgehead atoms. The van der Waals surface area contributed by atoms with Gasteiger partial charge in [0.15, 0.2) is 5.82 Å². The highest BCUT2D eigenvalue weighted by molar-refractivity contribution is 5.94. The van der Waals surface area contributed by atoms with Crippen molar-refractivity contribution in [1.82, 2.24) is 19.7 Å². The molecule has 130 valence electrons. The van der Waals surface area contributed by atoms with Crippen molar-refractivity contribution in [3.63, 3.8) is 0 Å². The Balaban J connectivity index is 1.47. The van der Waals surface area contributed by atoms with E-state index in [1.54, 1.807) is 17.0 Å². The maximum atomic E-state index is 12.7. The van der Waals surface area contributed by atoms with E-state index in [-0.39, 0.29) is 18.3 Å². The first-order valence-corrected chi connectivity index (χ1v) is 8.54. The number of carbonyl (C=O) groups is 2. The third kappa shape index (κ3) is 2.69. The summed E-state index contributed by atoms with van der Waals surface area (Å²) >= 11 is 0. The van der Waals surface area contributed by atoms with Gasteiger partial charge in [-0.2, -0.15) is 0 Å². The Morgan fingerprint density at radius 2 is 2.08 bits per heavy atom. The van der Waals surface area contributed by atoms with Crippen LogP contribution in [0.5, 0.6) is 0 Å². The molecule has 0 unspecified atom stereocenters. The SMILES string of the molecule is CC(C)c1nnc2n1CCN(C(=O)C[C@@H]1OC(=O)c3ccccc31)C2. The number of benzene rings is 1. The van der Waals surface area contributed by atoms with Gasteiger partial charge in [-0.25, -0.2) is 4.79 Å². The summed E-state index contributed by atoms with van der Waals surface area (Å²) in [6.45, 7) is 5.93. The molecule has 1 aromatic carbocycles. The number of carbonyl (C=O) groups excluding carboxylic acids is 2. The normalized spacial score (nSPS) is 18.9. The third-order valence-corrected chi connectivity index (χ3v) is 4.79. The van der Waals surface area contributed by atoms with Crippen molar-refractivity contribution < 1.29 is 14.3 Å². The summed E-state index contributed by atoms with van der Waals surface area (Å²) in [6.07, 6.45) is -0.337. The van der Waals surface area contributed by atoms with Crippen LogP contribution in [0.25, 0.3) is 0 Å². The van der Waals surface area contributed by atoms with Gasteiger partial charge in [-0.05, 0) is 6.07 Å². The Kier molecular flexibility index (Phi) is 3.78. The summed E-state index contributed by atoms with van der Waals surface area (Å²) in [7, 11) is 0. The summed E-state index contributed by atoms with van der Waals surface area (Å²) in [6, 6.07) is 7.24. The van der Waals surface area contributed by atoms with Gasteiger partial charge in [-0.1, -0.05) is 32.0 Å². The molecule has 2 aliphatic heterocycles. The molecule has 4 rings (SSSR count). The van der Waals surface area contributed by atoms with E-state index in [4.69, 9.17) is 4.74 Å². The standard InChI is InChI=1S/C18H20N4O3/c1-11(2)17-20-19-15-10-21(7-8-22(15)17)16(23)9-14-12-5-3-4-6-13(12)18(24)25-14/h3-6,11,14H,7-10H2,1-2H3/t14-/m0/s1. The Morgan fingerprint density at radius 3 is 2.88 bits per heavy atom. The van der Waals surface area contributed by atoms with Crippen molar-refractivity contribution in [2.45, 2.75) is 45.4 Å². The van der Waals surface area contributed by atoms with Crippen LogP contribution in [0.3, 0.4) is 0 Å². The van der Waals surface area contributed by atoms with E-state index in [1.165, 1.54) is 0 Å². The number of amides is 1. The van der Waals surface area contributed by atoms with E-state index in [0.717, 1.165) is 17.2 Å². The molecule has 0 spiro atoms. The van der Waals surface area contributed by atoms with Crippen molar-refractivity contribution in [3.05, 3.63) is 47.0 Å². The van der Waals surface area contributed by atoms with Crippen LogP contribution in [0.1, 0.15) is 59.9 Å². The number of aromatic nitrogens is 3.